The summed E-state index contributed by atoms with van der Waals surface area (Å²) in [5.41, 5.74) is 0. The van der Waals surface area contributed by atoms with E-state index in [1.54, 1.807) is 0 Å². The molecule has 1 unspecified atom stereocenters. The molecule has 1 aliphatic rings. The number of hydrogen-bond acceptors (Lipinski definition) is 2. The van der Waals surface area contributed by atoms with Gasteiger partial charge in [-0.05, 0) is 18.8 Å². The van der Waals surface area contributed by atoms with Gasteiger partial charge in [-0.1, -0.05) is 15.9 Å². The molecule has 0 radical (unpaired) electrons. The summed E-state index contributed by atoms with van der Waals surface area (Å²) in [6.45, 7) is 1.19. The smallest absolute Gasteiger partial charge is 0.380 e. The zero-order valence-electron chi connectivity index (χ0n) is 8.39. The Kier molecular flexibility index (Phi) is 5.35. The molecule has 0 aromatic heterocycles. The first kappa shape index (κ1) is 13.3. The number of ether oxygens (including phenoxy) is 1. The highest BCUT2D eigenvalue weighted by Gasteiger charge is 2.39. The van der Waals surface area contributed by atoms with E-state index in [0.29, 0.717) is 24.5 Å². The fourth-order valence-electron chi connectivity index (χ4n) is 1.74. The summed E-state index contributed by atoms with van der Waals surface area (Å²) < 4.78 is 42.4. The number of likely N-dealkylation sites (tertiary alicyclic amines) is 1. The molecule has 0 aliphatic carbocycles. The summed E-state index contributed by atoms with van der Waals surface area (Å²) in [5.74, 6) is 0.0134. The fraction of sp³-hybridized carbons (Fsp3) is 1.00. The predicted molar refractivity (Wildman–Crippen MR) is 55.0 cm³/mol. The minimum absolute atomic E-state index is 0.0134. The van der Waals surface area contributed by atoms with Crippen molar-refractivity contribution in [1.82, 2.24) is 4.90 Å². The fourth-order valence-corrected chi connectivity index (χ4v) is 1.96. The molecule has 90 valence electrons. The van der Waals surface area contributed by atoms with Crippen molar-refractivity contribution in [1.29, 1.82) is 0 Å². The van der Waals surface area contributed by atoms with Crippen LogP contribution in [0.15, 0.2) is 0 Å². The molecular formula is C9H15BrF3NO. The van der Waals surface area contributed by atoms with E-state index in [2.05, 4.69) is 15.9 Å². The van der Waals surface area contributed by atoms with Crippen LogP contribution in [0.25, 0.3) is 0 Å². The van der Waals surface area contributed by atoms with Gasteiger partial charge in [0.05, 0.1) is 13.2 Å². The van der Waals surface area contributed by atoms with E-state index >= 15 is 0 Å². The van der Waals surface area contributed by atoms with Gasteiger partial charge in [0.15, 0.2) is 0 Å². The SMILES string of the molecule is FC(F)(F)N1CCCC(COCCBr)C1. The van der Waals surface area contributed by atoms with Crippen LogP contribution in [0.1, 0.15) is 12.8 Å². The largest absolute Gasteiger partial charge is 0.459 e. The van der Waals surface area contributed by atoms with Crippen molar-refractivity contribution in [3.05, 3.63) is 0 Å². The van der Waals surface area contributed by atoms with Crippen LogP contribution in [0.4, 0.5) is 13.2 Å². The van der Waals surface area contributed by atoms with Crippen molar-refractivity contribution in [2.75, 3.05) is 31.6 Å². The summed E-state index contributed by atoms with van der Waals surface area (Å²) in [6, 6.07) is 0. The number of nitrogens with zero attached hydrogens (tertiary/aromatic N) is 1. The van der Waals surface area contributed by atoms with Crippen LogP contribution >= 0.6 is 15.9 Å². The van der Waals surface area contributed by atoms with E-state index in [1.165, 1.54) is 0 Å². The molecule has 0 saturated carbocycles. The van der Waals surface area contributed by atoms with Crippen molar-refractivity contribution in [3.8, 4) is 0 Å². The molecular weight excluding hydrogens is 275 g/mol. The van der Waals surface area contributed by atoms with Gasteiger partial charge in [0.25, 0.3) is 0 Å². The number of rotatable bonds is 4. The van der Waals surface area contributed by atoms with Crippen molar-refractivity contribution in [2.45, 2.75) is 19.1 Å². The Hall–Kier alpha value is 0.190. The number of hydrogen-bond donors (Lipinski definition) is 0. The lowest BCUT2D eigenvalue weighted by molar-refractivity contribution is -0.254. The van der Waals surface area contributed by atoms with Gasteiger partial charge in [-0.2, -0.15) is 13.2 Å². The highest BCUT2D eigenvalue weighted by Crippen LogP contribution is 2.27. The van der Waals surface area contributed by atoms with Crippen molar-refractivity contribution < 1.29 is 17.9 Å². The maximum Gasteiger partial charge on any atom is 0.459 e. The van der Waals surface area contributed by atoms with E-state index in [9.17, 15) is 13.2 Å². The van der Waals surface area contributed by atoms with Crippen LogP contribution in [0.5, 0.6) is 0 Å². The van der Waals surface area contributed by atoms with Gasteiger partial charge in [0.2, 0.25) is 0 Å². The number of piperidine rings is 1. The second kappa shape index (κ2) is 6.06. The van der Waals surface area contributed by atoms with Crippen molar-refractivity contribution in [3.63, 3.8) is 0 Å². The van der Waals surface area contributed by atoms with Crippen LogP contribution in [-0.4, -0.2) is 42.8 Å². The lowest BCUT2D eigenvalue weighted by Gasteiger charge is -2.33. The molecule has 0 N–H and O–H groups in total. The van der Waals surface area contributed by atoms with Gasteiger partial charge in [0, 0.05) is 18.4 Å². The van der Waals surface area contributed by atoms with Gasteiger partial charge in [-0.15, -0.1) is 0 Å². The molecule has 0 aromatic rings. The standard InChI is InChI=1S/C9H15BrF3NO/c10-3-5-15-7-8-2-1-4-14(6-8)9(11,12)13/h8H,1-7H2. The first-order valence-corrected chi connectivity index (χ1v) is 6.11. The highest BCUT2D eigenvalue weighted by molar-refractivity contribution is 9.09. The van der Waals surface area contributed by atoms with Crippen LogP contribution < -0.4 is 0 Å². The molecule has 0 spiro atoms. The Morgan fingerprint density at radius 1 is 1.40 bits per heavy atom. The van der Waals surface area contributed by atoms with Crippen LogP contribution in [0, 0.1) is 5.92 Å². The Morgan fingerprint density at radius 3 is 2.73 bits per heavy atom. The summed E-state index contributed by atoms with van der Waals surface area (Å²) in [6.07, 6.45) is -2.76. The first-order valence-electron chi connectivity index (χ1n) is 4.99. The lowest BCUT2D eigenvalue weighted by atomic mass is 9.99. The monoisotopic (exact) mass is 289 g/mol. The minimum atomic E-state index is -4.19. The second-order valence-electron chi connectivity index (χ2n) is 3.69. The van der Waals surface area contributed by atoms with Crippen LogP contribution in [0.2, 0.25) is 0 Å². The Balaban J connectivity index is 2.29. The second-order valence-corrected chi connectivity index (χ2v) is 4.48. The molecule has 2 nitrogen and oxygen atoms in total. The molecule has 0 amide bonds. The van der Waals surface area contributed by atoms with Crippen LogP contribution in [-0.2, 0) is 4.74 Å². The number of alkyl halides is 4. The average molecular weight is 290 g/mol. The third kappa shape index (κ3) is 4.70. The zero-order valence-corrected chi connectivity index (χ0v) is 9.98. The van der Waals surface area contributed by atoms with Gasteiger partial charge in [-0.25, -0.2) is 4.90 Å². The Labute approximate surface area is 95.9 Å². The maximum absolute atomic E-state index is 12.4. The van der Waals surface area contributed by atoms with Gasteiger partial charge < -0.3 is 4.74 Å². The van der Waals surface area contributed by atoms with Gasteiger partial charge >= 0.3 is 6.30 Å². The first-order chi connectivity index (χ1) is 7.04. The highest BCUT2D eigenvalue weighted by atomic mass is 79.9. The van der Waals surface area contributed by atoms with Crippen molar-refractivity contribution >= 4 is 15.9 Å². The molecule has 1 heterocycles. The zero-order chi connectivity index (χ0) is 11.3. The molecule has 6 heteroatoms. The Bertz CT molecular complexity index is 189. The molecule has 0 aromatic carbocycles. The summed E-state index contributed by atoms with van der Waals surface area (Å²) in [4.78, 5) is 0.582. The molecule has 0 bridgehead atoms. The maximum atomic E-state index is 12.4. The third-order valence-electron chi connectivity index (χ3n) is 2.45. The Morgan fingerprint density at radius 2 is 2.13 bits per heavy atom. The van der Waals surface area contributed by atoms with Crippen LogP contribution in [0.3, 0.4) is 0 Å². The molecule has 15 heavy (non-hydrogen) atoms. The lowest BCUT2D eigenvalue weighted by Crippen LogP contribution is -2.45. The van der Waals surface area contributed by atoms with Gasteiger partial charge in [-0.3, -0.25) is 0 Å². The predicted octanol–water partition coefficient (Wildman–Crippen LogP) is 2.63. The molecule has 1 rings (SSSR count). The van der Waals surface area contributed by atoms with Crippen molar-refractivity contribution in [2.24, 2.45) is 5.92 Å². The summed E-state index contributed by atoms with van der Waals surface area (Å²) >= 11 is 3.20. The van der Waals surface area contributed by atoms with Gasteiger partial charge in [0.1, 0.15) is 0 Å². The minimum Gasteiger partial charge on any atom is -0.380 e. The third-order valence-corrected chi connectivity index (χ3v) is 2.78. The van der Waals surface area contributed by atoms with E-state index in [1.807, 2.05) is 0 Å². The summed E-state index contributed by atoms with van der Waals surface area (Å²) in [5, 5.41) is 0.725. The average Bonchev–Trinajstić information content (AvgIpc) is 2.17. The van der Waals surface area contributed by atoms with E-state index in [4.69, 9.17) is 4.74 Å². The number of halogens is 4. The topological polar surface area (TPSA) is 12.5 Å². The molecule has 1 fully saturated rings. The van der Waals surface area contributed by atoms with E-state index in [-0.39, 0.29) is 19.0 Å². The summed E-state index contributed by atoms with van der Waals surface area (Å²) in [7, 11) is 0. The molecule has 1 aliphatic heterocycles. The van der Waals surface area contributed by atoms with E-state index in [0.717, 1.165) is 11.8 Å². The van der Waals surface area contributed by atoms with E-state index < -0.39 is 6.30 Å². The molecule has 1 atom stereocenters. The normalized spacial score (nSPS) is 24.4. The molecule has 1 saturated heterocycles. The quantitative estimate of drug-likeness (QED) is 0.448.